The molecule has 0 aliphatic carbocycles. The quantitative estimate of drug-likeness (QED) is 0.809. The minimum atomic E-state index is -0.782. The van der Waals surface area contributed by atoms with Crippen molar-refractivity contribution in [1.29, 1.82) is 0 Å². The second kappa shape index (κ2) is 7.59. The first-order valence-corrected chi connectivity index (χ1v) is 8.75. The van der Waals surface area contributed by atoms with Crippen LogP contribution in [0, 0.1) is 0 Å². The van der Waals surface area contributed by atoms with Crippen LogP contribution >= 0.6 is 23.2 Å². The molecule has 3 rings (SSSR count). The molecule has 2 aliphatic rings. The van der Waals surface area contributed by atoms with Gasteiger partial charge in [0.05, 0.1) is 17.1 Å². The molecule has 1 saturated heterocycles. The highest BCUT2D eigenvalue weighted by Gasteiger charge is 2.30. The van der Waals surface area contributed by atoms with Crippen LogP contribution in [0.3, 0.4) is 0 Å². The SMILES string of the molecule is CN1CCN(C2=NC(C(=O)Nc3ccc(Cl)cc3Cl)CC(=O)N2)CC1. The van der Waals surface area contributed by atoms with E-state index in [2.05, 4.69) is 20.5 Å². The normalized spacial score (nSPS) is 21.6. The largest absolute Gasteiger partial charge is 0.340 e. The molecule has 0 saturated carbocycles. The fourth-order valence-electron chi connectivity index (χ4n) is 2.71. The second-order valence-electron chi connectivity index (χ2n) is 6.12. The van der Waals surface area contributed by atoms with Gasteiger partial charge in [0.2, 0.25) is 17.8 Å². The lowest BCUT2D eigenvalue weighted by Gasteiger charge is -2.36. The van der Waals surface area contributed by atoms with E-state index in [1.165, 1.54) is 0 Å². The zero-order valence-electron chi connectivity index (χ0n) is 13.8. The predicted molar refractivity (Wildman–Crippen MR) is 98.1 cm³/mol. The maximum Gasteiger partial charge on any atom is 0.249 e. The molecule has 0 bridgehead atoms. The number of rotatable bonds is 2. The van der Waals surface area contributed by atoms with Crippen molar-refractivity contribution in [3.8, 4) is 0 Å². The Balaban J connectivity index is 1.72. The minimum absolute atomic E-state index is 0.00822. The van der Waals surface area contributed by atoms with Crippen LogP contribution in [0.2, 0.25) is 10.0 Å². The van der Waals surface area contributed by atoms with Crippen molar-refractivity contribution in [3.63, 3.8) is 0 Å². The minimum Gasteiger partial charge on any atom is -0.340 e. The maximum atomic E-state index is 12.5. The summed E-state index contributed by atoms with van der Waals surface area (Å²) in [6.45, 7) is 3.28. The van der Waals surface area contributed by atoms with Gasteiger partial charge in [-0.2, -0.15) is 0 Å². The van der Waals surface area contributed by atoms with Gasteiger partial charge in [0.15, 0.2) is 0 Å². The monoisotopic (exact) mass is 383 g/mol. The highest BCUT2D eigenvalue weighted by Crippen LogP contribution is 2.26. The Morgan fingerprint density at radius 3 is 2.68 bits per heavy atom. The third-order valence-corrected chi connectivity index (χ3v) is 4.75. The van der Waals surface area contributed by atoms with Gasteiger partial charge >= 0.3 is 0 Å². The van der Waals surface area contributed by atoms with Crippen molar-refractivity contribution in [2.45, 2.75) is 12.5 Å². The molecule has 1 fully saturated rings. The molecule has 1 atom stereocenters. The lowest BCUT2D eigenvalue weighted by atomic mass is 10.1. The van der Waals surface area contributed by atoms with E-state index in [9.17, 15) is 9.59 Å². The number of amides is 2. The standard InChI is InChI=1S/C16H19Cl2N5O2/c1-22-4-6-23(7-5-22)16-20-13(9-14(24)21-16)15(25)19-12-3-2-10(17)8-11(12)18/h2-3,8,13H,4-7,9H2,1H3,(H,19,25)(H,20,21,24). The van der Waals surface area contributed by atoms with E-state index in [1.807, 2.05) is 11.9 Å². The van der Waals surface area contributed by atoms with Crippen LogP contribution in [0.5, 0.6) is 0 Å². The molecule has 2 amide bonds. The molecule has 25 heavy (non-hydrogen) atoms. The molecule has 2 aliphatic heterocycles. The summed E-state index contributed by atoms with van der Waals surface area (Å²) in [4.78, 5) is 33.2. The molecule has 134 valence electrons. The second-order valence-corrected chi connectivity index (χ2v) is 6.97. The molecule has 1 aromatic carbocycles. The number of piperazine rings is 1. The molecule has 0 spiro atoms. The first kappa shape index (κ1) is 18.0. The lowest BCUT2D eigenvalue weighted by molar-refractivity contribution is -0.125. The molecular formula is C16H19Cl2N5O2. The molecule has 0 aromatic heterocycles. The van der Waals surface area contributed by atoms with Gasteiger partial charge in [0.1, 0.15) is 6.04 Å². The van der Waals surface area contributed by atoms with E-state index in [0.29, 0.717) is 21.7 Å². The Morgan fingerprint density at radius 2 is 2.00 bits per heavy atom. The van der Waals surface area contributed by atoms with Crippen LogP contribution in [-0.2, 0) is 9.59 Å². The summed E-state index contributed by atoms with van der Waals surface area (Å²) in [7, 11) is 2.05. The van der Waals surface area contributed by atoms with Crippen LogP contribution in [-0.4, -0.2) is 66.8 Å². The fraction of sp³-hybridized carbons (Fsp3) is 0.438. The topological polar surface area (TPSA) is 77.0 Å². The summed E-state index contributed by atoms with van der Waals surface area (Å²) in [5.41, 5.74) is 0.443. The van der Waals surface area contributed by atoms with Crippen LogP contribution in [0.25, 0.3) is 0 Å². The van der Waals surface area contributed by atoms with Crippen LogP contribution in [0.15, 0.2) is 23.2 Å². The third kappa shape index (κ3) is 4.42. The Kier molecular flexibility index (Phi) is 5.46. The number of aliphatic imine (C=N–C) groups is 1. The number of hydrogen-bond acceptors (Lipinski definition) is 5. The van der Waals surface area contributed by atoms with Crippen molar-refractivity contribution in [1.82, 2.24) is 15.1 Å². The molecule has 9 heteroatoms. The first-order valence-electron chi connectivity index (χ1n) is 7.99. The van der Waals surface area contributed by atoms with Gasteiger partial charge in [-0.1, -0.05) is 23.2 Å². The average Bonchev–Trinajstić information content (AvgIpc) is 2.57. The van der Waals surface area contributed by atoms with E-state index < -0.39 is 6.04 Å². The Hall–Kier alpha value is -1.83. The van der Waals surface area contributed by atoms with Gasteiger partial charge in [0, 0.05) is 31.2 Å². The number of benzene rings is 1. The predicted octanol–water partition coefficient (Wildman–Crippen LogP) is 1.42. The number of guanidine groups is 1. The van der Waals surface area contributed by atoms with Crippen molar-refractivity contribution in [3.05, 3.63) is 28.2 Å². The number of nitrogens with one attached hydrogen (secondary N) is 2. The Bertz CT molecular complexity index is 716. The molecular weight excluding hydrogens is 365 g/mol. The van der Waals surface area contributed by atoms with E-state index in [-0.39, 0.29) is 18.2 Å². The summed E-state index contributed by atoms with van der Waals surface area (Å²) in [5.74, 6) is -0.122. The molecule has 7 nitrogen and oxygen atoms in total. The average molecular weight is 384 g/mol. The molecule has 1 unspecified atom stereocenters. The molecule has 2 N–H and O–H groups in total. The van der Waals surface area contributed by atoms with E-state index in [4.69, 9.17) is 23.2 Å². The molecule has 0 radical (unpaired) electrons. The first-order chi connectivity index (χ1) is 11.9. The zero-order chi connectivity index (χ0) is 18.0. The third-order valence-electron chi connectivity index (χ3n) is 4.20. The smallest absolute Gasteiger partial charge is 0.249 e. The number of likely N-dealkylation sites (N-methyl/N-ethyl adjacent to an activating group) is 1. The van der Waals surface area contributed by atoms with Gasteiger partial charge in [-0.15, -0.1) is 0 Å². The fourth-order valence-corrected chi connectivity index (χ4v) is 3.17. The van der Waals surface area contributed by atoms with Gasteiger partial charge in [0.25, 0.3) is 0 Å². The van der Waals surface area contributed by atoms with Crippen molar-refractivity contribution in [2.75, 3.05) is 38.5 Å². The Labute approximate surface area is 156 Å². The van der Waals surface area contributed by atoms with Gasteiger partial charge < -0.3 is 15.1 Å². The summed E-state index contributed by atoms with van der Waals surface area (Å²) < 4.78 is 0. The van der Waals surface area contributed by atoms with Crippen LogP contribution in [0.4, 0.5) is 5.69 Å². The zero-order valence-corrected chi connectivity index (χ0v) is 15.3. The highest BCUT2D eigenvalue weighted by molar-refractivity contribution is 6.36. The van der Waals surface area contributed by atoms with E-state index in [0.717, 1.165) is 26.2 Å². The van der Waals surface area contributed by atoms with Crippen molar-refractivity contribution >= 4 is 46.7 Å². The summed E-state index contributed by atoms with van der Waals surface area (Å²) >= 11 is 11.9. The maximum absolute atomic E-state index is 12.5. The van der Waals surface area contributed by atoms with Gasteiger partial charge in [-0.3, -0.25) is 14.9 Å². The van der Waals surface area contributed by atoms with Crippen LogP contribution in [0.1, 0.15) is 6.42 Å². The summed E-state index contributed by atoms with van der Waals surface area (Å²) in [6.07, 6.45) is 0.00822. The van der Waals surface area contributed by atoms with Crippen LogP contribution < -0.4 is 10.6 Å². The highest BCUT2D eigenvalue weighted by atomic mass is 35.5. The number of halogens is 2. The van der Waals surface area contributed by atoms with Crippen molar-refractivity contribution < 1.29 is 9.59 Å². The van der Waals surface area contributed by atoms with Gasteiger partial charge in [-0.25, -0.2) is 4.99 Å². The number of carbonyl (C=O) groups excluding carboxylic acids is 2. The van der Waals surface area contributed by atoms with E-state index in [1.54, 1.807) is 18.2 Å². The number of carbonyl (C=O) groups is 2. The van der Waals surface area contributed by atoms with Crippen molar-refractivity contribution in [2.24, 2.45) is 4.99 Å². The summed E-state index contributed by atoms with van der Waals surface area (Å²) in [5, 5.41) is 6.30. The number of anilines is 1. The van der Waals surface area contributed by atoms with Gasteiger partial charge in [-0.05, 0) is 25.2 Å². The Morgan fingerprint density at radius 1 is 1.28 bits per heavy atom. The summed E-state index contributed by atoms with van der Waals surface area (Å²) in [6, 6.07) is 4.02. The van der Waals surface area contributed by atoms with E-state index >= 15 is 0 Å². The number of hydrogen-bond donors (Lipinski definition) is 2. The molecule has 1 aromatic rings. The molecule has 2 heterocycles. The number of nitrogens with zero attached hydrogens (tertiary/aromatic N) is 3. The lowest BCUT2D eigenvalue weighted by Crippen LogP contribution is -2.55.